The summed E-state index contributed by atoms with van der Waals surface area (Å²) in [7, 11) is 0. The third-order valence-corrected chi connectivity index (χ3v) is 4.00. The Labute approximate surface area is 122 Å². The Morgan fingerprint density at radius 2 is 2.16 bits per heavy atom. The molecule has 6 heteroatoms. The fraction of sp³-hybridized carbons (Fsp3) is 0.692. The lowest BCUT2D eigenvalue weighted by Gasteiger charge is -2.14. The number of nitrogens with one attached hydrogen (secondary N) is 1. The molecule has 1 aromatic heterocycles. The number of hydrogen-bond donors (Lipinski definition) is 2. The number of carboxylic acid groups (broad SMARTS) is 1. The van der Waals surface area contributed by atoms with Gasteiger partial charge in [-0.05, 0) is 35.7 Å². The zero-order chi connectivity index (χ0) is 14.4. The average molecular weight is 332 g/mol. The number of hydrogen-bond acceptors (Lipinski definition) is 3. The maximum absolute atomic E-state index is 11.1. The molecular weight excluding hydrogens is 310 g/mol. The number of carbonyl (C=O) groups is 1. The first-order valence-corrected chi connectivity index (χ1v) is 7.54. The molecule has 1 rings (SSSR count). The van der Waals surface area contributed by atoms with Crippen molar-refractivity contribution in [2.45, 2.75) is 59.2 Å². The fourth-order valence-electron chi connectivity index (χ4n) is 2.01. The van der Waals surface area contributed by atoms with Crippen LogP contribution >= 0.6 is 15.9 Å². The van der Waals surface area contributed by atoms with Crippen LogP contribution < -0.4 is 5.32 Å². The van der Waals surface area contributed by atoms with Crippen LogP contribution in [0.3, 0.4) is 0 Å². The highest BCUT2D eigenvalue weighted by molar-refractivity contribution is 9.10. The predicted molar refractivity (Wildman–Crippen MR) is 78.2 cm³/mol. The van der Waals surface area contributed by atoms with Crippen LogP contribution in [0.15, 0.2) is 4.47 Å². The van der Waals surface area contributed by atoms with Gasteiger partial charge in [0.2, 0.25) is 0 Å². The standard InChI is InChI=1S/C13H22BrN3O2/c1-4-7-10(13(18)19)15-8-11-12(14)9(5-2)16-17(11)6-3/h10,15H,4-8H2,1-3H3,(H,18,19). The smallest absolute Gasteiger partial charge is 0.320 e. The molecule has 108 valence electrons. The molecule has 0 bridgehead atoms. The molecule has 5 nitrogen and oxygen atoms in total. The van der Waals surface area contributed by atoms with Gasteiger partial charge in [-0.2, -0.15) is 5.10 Å². The maximum Gasteiger partial charge on any atom is 0.320 e. The summed E-state index contributed by atoms with van der Waals surface area (Å²) < 4.78 is 2.91. The van der Waals surface area contributed by atoms with E-state index in [9.17, 15) is 4.79 Å². The van der Waals surface area contributed by atoms with Crippen molar-refractivity contribution in [1.82, 2.24) is 15.1 Å². The number of nitrogens with zero attached hydrogens (tertiary/aromatic N) is 2. The Balaban J connectivity index is 2.81. The lowest BCUT2D eigenvalue weighted by Crippen LogP contribution is -2.36. The Hall–Kier alpha value is -0.880. The molecule has 0 spiro atoms. The van der Waals surface area contributed by atoms with E-state index in [-0.39, 0.29) is 0 Å². The average Bonchev–Trinajstić information content (AvgIpc) is 2.70. The van der Waals surface area contributed by atoms with Crippen molar-refractivity contribution in [3.05, 3.63) is 15.9 Å². The molecule has 1 heterocycles. The van der Waals surface area contributed by atoms with Crippen LogP contribution in [0, 0.1) is 0 Å². The second kappa shape index (κ2) is 7.65. The maximum atomic E-state index is 11.1. The van der Waals surface area contributed by atoms with Crippen LogP contribution in [0.2, 0.25) is 0 Å². The largest absolute Gasteiger partial charge is 0.480 e. The molecule has 0 aliphatic carbocycles. The molecule has 1 atom stereocenters. The van der Waals surface area contributed by atoms with E-state index in [2.05, 4.69) is 33.3 Å². The summed E-state index contributed by atoms with van der Waals surface area (Å²) in [5.41, 5.74) is 2.03. The van der Waals surface area contributed by atoms with Crippen molar-refractivity contribution in [1.29, 1.82) is 0 Å². The number of rotatable bonds is 8. The highest BCUT2D eigenvalue weighted by Crippen LogP contribution is 2.22. The van der Waals surface area contributed by atoms with Crippen LogP contribution in [-0.4, -0.2) is 26.9 Å². The summed E-state index contributed by atoms with van der Waals surface area (Å²) >= 11 is 3.56. The van der Waals surface area contributed by atoms with E-state index in [1.165, 1.54) is 0 Å². The molecule has 1 unspecified atom stereocenters. The van der Waals surface area contributed by atoms with E-state index in [4.69, 9.17) is 5.11 Å². The molecule has 0 radical (unpaired) electrons. The van der Waals surface area contributed by atoms with Gasteiger partial charge in [0.15, 0.2) is 0 Å². The Bertz CT molecular complexity index is 432. The third kappa shape index (κ3) is 4.04. The first-order valence-electron chi connectivity index (χ1n) is 6.75. The quantitative estimate of drug-likeness (QED) is 0.768. The van der Waals surface area contributed by atoms with Gasteiger partial charge < -0.3 is 5.11 Å². The van der Waals surface area contributed by atoms with E-state index < -0.39 is 12.0 Å². The molecule has 0 saturated carbocycles. The zero-order valence-corrected chi connectivity index (χ0v) is 13.3. The molecule has 0 aromatic carbocycles. The fourth-order valence-corrected chi connectivity index (χ4v) is 2.71. The van der Waals surface area contributed by atoms with Gasteiger partial charge in [0.05, 0.1) is 15.9 Å². The van der Waals surface area contributed by atoms with Crippen LogP contribution in [0.4, 0.5) is 0 Å². The minimum absolute atomic E-state index is 0.498. The lowest BCUT2D eigenvalue weighted by atomic mass is 10.1. The van der Waals surface area contributed by atoms with Gasteiger partial charge in [0.25, 0.3) is 0 Å². The molecule has 2 N–H and O–H groups in total. The van der Waals surface area contributed by atoms with Gasteiger partial charge >= 0.3 is 5.97 Å². The van der Waals surface area contributed by atoms with E-state index >= 15 is 0 Å². The van der Waals surface area contributed by atoms with Gasteiger partial charge in [0, 0.05) is 13.1 Å². The highest BCUT2D eigenvalue weighted by Gasteiger charge is 2.19. The van der Waals surface area contributed by atoms with E-state index in [1.807, 2.05) is 18.5 Å². The van der Waals surface area contributed by atoms with Crippen molar-refractivity contribution < 1.29 is 9.90 Å². The second-order valence-electron chi connectivity index (χ2n) is 4.44. The van der Waals surface area contributed by atoms with Crippen LogP contribution in [0.5, 0.6) is 0 Å². The van der Waals surface area contributed by atoms with Gasteiger partial charge in [-0.3, -0.25) is 14.8 Å². The highest BCUT2D eigenvalue weighted by atomic mass is 79.9. The molecule has 0 amide bonds. The SMILES string of the molecule is CCCC(NCc1c(Br)c(CC)nn1CC)C(=O)O. The van der Waals surface area contributed by atoms with Gasteiger partial charge in [-0.15, -0.1) is 0 Å². The van der Waals surface area contributed by atoms with Gasteiger partial charge in [-0.25, -0.2) is 0 Å². The summed E-state index contributed by atoms with van der Waals surface area (Å²) in [6.45, 7) is 7.36. The second-order valence-corrected chi connectivity index (χ2v) is 5.23. The lowest BCUT2D eigenvalue weighted by molar-refractivity contribution is -0.139. The Morgan fingerprint density at radius 1 is 1.47 bits per heavy atom. The van der Waals surface area contributed by atoms with Crippen molar-refractivity contribution in [3.63, 3.8) is 0 Å². The first-order chi connectivity index (χ1) is 9.04. The van der Waals surface area contributed by atoms with Gasteiger partial charge in [-0.1, -0.05) is 20.3 Å². The first kappa shape index (κ1) is 16.2. The summed E-state index contributed by atoms with van der Waals surface area (Å²) in [6, 6.07) is -0.498. The van der Waals surface area contributed by atoms with E-state index in [1.54, 1.807) is 0 Å². The van der Waals surface area contributed by atoms with Crippen LogP contribution in [0.25, 0.3) is 0 Å². The molecule has 0 aliphatic rings. The van der Waals surface area contributed by atoms with Crippen LogP contribution in [-0.2, 0) is 24.3 Å². The summed E-state index contributed by atoms with van der Waals surface area (Å²) in [5.74, 6) is -0.795. The summed E-state index contributed by atoms with van der Waals surface area (Å²) in [6.07, 6.45) is 2.34. The van der Waals surface area contributed by atoms with Crippen molar-refractivity contribution in [2.75, 3.05) is 0 Å². The molecule has 19 heavy (non-hydrogen) atoms. The van der Waals surface area contributed by atoms with Crippen LogP contribution in [0.1, 0.15) is 45.0 Å². The predicted octanol–water partition coefficient (Wildman–Crippen LogP) is 2.57. The number of halogens is 1. The zero-order valence-electron chi connectivity index (χ0n) is 11.7. The molecule has 0 aliphatic heterocycles. The number of aliphatic carboxylic acids is 1. The minimum Gasteiger partial charge on any atom is -0.480 e. The normalized spacial score (nSPS) is 12.6. The monoisotopic (exact) mass is 331 g/mol. The minimum atomic E-state index is -0.795. The number of aryl methyl sites for hydroxylation is 2. The molecule has 0 saturated heterocycles. The van der Waals surface area contributed by atoms with Gasteiger partial charge in [0.1, 0.15) is 6.04 Å². The van der Waals surface area contributed by atoms with E-state index in [0.717, 1.165) is 35.2 Å². The van der Waals surface area contributed by atoms with E-state index in [0.29, 0.717) is 13.0 Å². The van der Waals surface area contributed by atoms with Crippen molar-refractivity contribution >= 4 is 21.9 Å². The molecule has 1 aromatic rings. The Morgan fingerprint density at radius 3 is 2.63 bits per heavy atom. The topological polar surface area (TPSA) is 67.2 Å². The Kier molecular flexibility index (Phi) is 6.51. The summed E-state index contributed by atoms with van der Waals surface area (Å²) in [4.78, 5) is 11.1. The number of carboxylic acids is 1. The van der Waals surface area contributed by atoms with Crippen molar-refractivity contribution in [3.8, 4) is 0 Å². The molecule has 0 fully saturated rings. The molecular formula is C13H22BrN3O2. The summed E-state index contributed by atoms with van der Waals surface area (Å²) in [5, 5.41) is 16.7. The van der Waals surface area contributed by atoms with Crippen molar-refractivity contribution in [2.24, 2.45) is 0 Å². The third-order valence-electron chi connectivity index (χ3n) is 3.09. The number of aromatic nitrogens is 2.